The number of aliphatic hydroxyl groups is 2. The van der Waals surface area contributed by atoms with Crippen molar-refractivity contribution in [2.45, 2.75) is 150 Å². The van der Waals surface area contributed by atoms with E-state index in [1.807, 2.05) is 6.92 Å². The first-order valence-corrected chi connectivity index (χ1v) is 17.4. The van der Waals surface area contributed by atoms with E-state index in [9.17, 15) is 20.1 Å². The van der Waals surface area contributed by atoms with Gasteiger partial charge in [0, 0.05) is 29.8 Å². The predicted octanol–water partition coefficient (Wildman–Crippen LogP) is 7.96. The molecule has 6 fully saturated rings. The Bertz CT molecular complexity index is 1060. The van der Waals surface area contributed by atoms with Gasteiger partial charge in [0.25, 0.3) is 0 Å². The van der Waals surface area contributed by atoms with Gasteiger partial charge in [-0.1, -0.05) is 60.3 Å². The molecule has 0 radical (unpaired) electrons. The second kappa shape index (κ2) is 9.43. The first-order valence-electron chi connectivity index (χ1n) is 17.4. The molecule has 11 unspecified atom stereocenters. The second-order valence-corrected chi connectivity index (χ2v) is 17.4. The largest absolute Gasteiger partial charge is 0.481 e. The Morgan fingerprint density at radius 1 is 0.854 bits per heavy atom. The molecule has 6 rings (SSSR count). The summed E-state index contributed by atoms with van der Waals surface area (Å²) < 4.78 is 6.23. The average Bonchev–Trinajstić information content (AvgIpc) is 3.09. The topological polar surface area (TPSA) is 87.0 Å². The standard InChI is InChI=1S/C36H60O5/c1-7-8-9-10-12-33-19-18-32(6)26(11-13-34-24-41-36(40,25(34)2)21-20-35(32,34)23-37)31(33,5)17-16-29(3)14-15-30(4,28(38)39)22-27(29)33/h25-27,37,40H,7-24H2,1-6H3,(H,38,39). The van der Waals surface area contributed by atoms with Crippen LogP contribution in [0.2, 0.25) is 0 Å². The minimum absolute atomic E-state index is 0.0243. The number of fused-ring (bicyclic) bond motifs is 7. The summed E-state index contributed by atoms with van der Waals surface area (Å²) in [6.45, 7) is 15.0. The molecule has 234 valence electrons. The van der Waals surface area contributed by atoms with Crippen molar-refractivity contribution in [1.82, 2.24) is 0 Å². The van der Waals surface area contributed by atoms with E-state index < -0.39 is 17.2 Å². The molecule has 5 nitrogen and oxygen atoms in total. The summed E-state index contributed by atoms with van der Waals surface area (Å²) in [5.41, 5.74) is -0.599. The Hall–Kier alpha value is -0.650. The molecule has 1 aliphatic heterocycles. The number of aliphatic hydroxyl groups excluding tert-OH is 1. The smallest absolute Gasteiger partial charge is 0.309 e. The van der Waals surface area contributed by atoms with Crippen LogP contribution < -0.4 is 0 Å². The summed E-state index contributed by atoms with van der Waals surface area (Å²) >= 11 is 0. The van der Waals surface area contributed by atoms with Gasteiger partial charge >= 0.3 is 5.97 Å². The monoisotopic (exact) mass is 572 g/mol. The molecule has 1 spiro atoms. The van der Waals surface area contributed by atoms with E-state index in [-0.39, 0.29) is 45.0 Å². The lowest BCUT2D eigenvalue weighted by Crippen LogP contribution is -2.73. The summed E-state index contributed by atoms with van der Waals surface area (Å²) in [6, 6.07) is 0. The predicted molar refractivity (Wildman–Crippen MR) is 161 cm³/mol. The zero-order valence-electron chi connectivity index (χ0n) is 27.1. The van der Waals surface area contributed by atoms with Crippen molar-refractivity contribution in [3.63, 3.8) is 0 Å². The van der Waals surface area contributed by atoms with Crippen LogP contribution in [0.4, 0.5) is 0 Å². The molecule has 0 aromatic heterocycles. The normalized spacial score (nSPS) is 55.9. The fourth-order valence-corrected chi connectivity index (χ4v) is 13.7. The first kappa shape index (κ1) is 30.4. The number of unbranched alkanes of at least 4 members (excludes halogenated alkanes) is 3. The van der Waals surface area contributed by atoms with Crippen LogP contribution in [0.1, 0.15) is 144 Å². The fourth-order valence-electron chi connectivity index (χ4n) is 13.7. The summed E-state index contributed by atoms with van der Waals surface area (Å²) in [5.74, 6) is -0.682. The molecule has 2 bridgehead atoms. The van der Waals surface area contributed by atoms with Crippen molar-refractivity contribution in [3.05, 3.63) is 0 Å². The van der Waals surface area contributed by atoms with Gasteiger partial charge in [-0.3, -0.25) is 4.79 Å². The van der Waals surface area contributed by atoms with Gasteiger partial charge in [0.1, 0.15) is 0 Å². The molecule has 1 heterocycles. The number of hydrogen-bond acceptors (Lipinski definition) is 4. The van der Waals surface area contributed by atoms with Crippen molar-refractivity contribution in [2.24, 2.45) is 55.7 Å². The van der Waals surface area contributed by atoms with E-state index in [0.29, 0.717) is 24.9 Å². The highest BCUT2D eigenvalue weighted by Gasteiger charge is 2.79. The molecule has 11 atom stereocenters. The Morgan fingerprint density at radius 3 is 2.24 bits per heavy atom. The summed E-state index contributed by atoms with van der Waals surface area (Å²) in [6.07, 6.45) is 17.2. The summed E-state index contributed by atoms with van der Waals surface area (Å²) in [5, 5.41) is 33.4. The number of ether oxygens (including phenoxy) is 1. The van der Waals surface area contributed by atoms with Crippen LogP contribution >= 0.6 is 0 Å². The molecule has 1 saturated heterocycles. The Balaban J connectivity index is 1.46. The van der Waals surface area contributed by atoms with Crippen molar-refractivity contribution in [1.29, 1.82) is 0 Å². The van der Waals surface area contributed by atoms with E-state index in [1.54, 1.807) is 0 Å². The third kappa shape index (κ3) is 3.55. The Morgan fingerprint density at radius 2 is 1.56 bits per heavy atom. The molecule has 0 aromatic carbocycles. The lowest BCUT2D eigenvalue weighted by atomic mass is 9.26. The highest BCUT2D eigenvalue weighted by Crippen LogP contribution is 2.83. The lowest BCUT2D eigenvalue weighted by molar-refractivity contribution is -0.310. The highest BCUT2D eigenvalue weighted by atomic mass is 16.6. The van der Waals surface area contributed by atoms with Gasteiger partial charge in [-0.15, -0.1) is 0 Å². The zero-order chi connectivity index (χ0) is 29.7. The van der Waals surface area contributed by atoms with Crippen molar-refractivity contribution in [3.8, 4) is 0 Å². The summed E-state index contributed by atoms with van der Waals surface area (Å²) in [4.78, 5) is 12.7. The van der Waals surface area contributed by atoms with Gasteiger partial charge < -0.3 is 20.1 Å². The third-order valence-corrected chi connectivity index (χ3v) is 16.6. The van der Waals surface area contributed by atoms with Crippen molar-refractivity contribution >= 4 is 5.97 Å². The Labute approximate surface area is 249 Å². The van der Waals surface area contributed by atoms with Crippen molar-refractivity contribution in [2.75, 3.05) is 13.2 Å². The van der Waals surface area contributed by atoms with Crippen LogP contribution in [0.25, 0.3) is 0 Å². The molecule has 0 amide bonds. The van der Waals surface area contributed by atoms with E-state index in [1.165, 1.54) is 44.9 Å². The molecule has 5 saturated carbocycles. The lowest BCUT2D eigenvalue weighted by Gasteiger charge is -2.78. The van der Waals surface area contributed by atoms with Crippen LogP contribution in [0.15, 0.2) is 0 Å². The molecule has 6 aliphatic rings. The number of aliphatic carboxylic acids is 1. The number of carboxylic acids is 1. The highest BCUT2D eigenvalue weighted by molar-refractivity contribution is 5.74. The number of hydrogen-bond donors (Lipinski definition) is 3. The van der Waals surface area contributed by atoms with Crippen LogP contribution in [0.5, 0.6) is 0 Å². The van der Waals surface area contributed by atoms with E-state index in [4.69, 9.17) is 4.74 Å². The maximum absolute atomic E-state index is 12.7. The maximum Gasteiger partial charge on any atom is 0.309 e. The molecular weight excluding hydrogens is 512 g/mol. The van der Waals surface area contributed by atoms with Gasteiger partial charge in [0.05, 0.1) is 12.0 Å². The van der Waals surface area contributed by atoms with E-state index in [2.05, 4.69) is 34.6 Å². The average molecular weight is 573 g/mol. The SMILES string of the molecule is CCCCCCC12CCC3(C)C(CCC45COC(O)(CCC34CO)C5C)C1(C)CCC1(C)CCC(C)(C(=O)O)CC12. The molecule has 3 N–H and O–H groups in total. The van der Waals surface area contributed by atoms with E-state index in [0.717, 1.165) is 51.4 Å². The third-order valence-electron chi connectivity index (χ3n) is 16.6. The quantitative estimate of drug-likeness (QED) is 0.269. The molecule has 5 heteroatoms. The van der Waals surface area contributed by atoms with E-state index >= 15 is 0 Å². The Kier molecular flexibility index (Phi) is 6.99. The summed E-state index contributed by atoms with van der Waals surface area (Å²) in [7, 11) is 0. The van der Waals surface area contributed by atoms with Gasteiger partial charge in [-0.2, -0.15) is 0 Å². The van der Waals surface area contributed by atoms with Crippen LogP contribution in [-0.4, -0.2) is 40.3 Å². The number of carboxylic acid groups (broad SMARTS) is 1. The van der Waals surface area contributed by atoms with Gasteiger partial charge in [-0.25, -0.2) is 0 Å². The van der Waals surface area contributed by atoms with Crippen molar-refractivity contribution < 1.29 is 24.9 Å². The number of rotatable bonds is 7. The molecule has 5 aliphatic carbocycles. The van der Waals surface area contributed by atoms with Crippen LogP contribution in [-0.2, 0) is 9.53 Å². The van der Waals surface area contributed by atoms with Crippen LogP contribution in [0, 0.1) is 55.7 Å². The van der Waals surface area contributed by atoms with Crippen LogP contribution in [0.3, 0.4) is 0 Å². The molecule has 0 aromatic rings. The zero-order valence-corrected chi connectivity index (χ0v) is 27.1. The van der Waals surface area contributed by atoms with Gasteiger partial charge in [0.2, 0.25) is 0 Å². The molecular formula is C36H60O5. The van der Waals surface area contributed by atoms with Gasteiger partial charge in [0.15, 0.2) is 5.79 Å². The minimum Gasteiger partial charge on any atom is -0.481 e. The first-order chi connectivity index (χ1) is 19.2. The number of carbonyl (C=O) groups is 1. The van der Waals surface area contributed by atoms with Gasteiger partial charge in [-0.05, 0) is 111 Å². The second-order valence-electron chi connectivity index (χ2n) is 17.4. The minimum atomic E-state index is -1.04. The fraction of sp³-hybridized carbons (Fsp3) is 0.972. The maximum atomic E-state index is 12.7. The molecule has 41 heavy (non-hydrogen) atoms.